The van der Waals surface area contributed by atoms with Gasteiger partial charge in [0.2, 0.25) is 0 Å². The van der Waals surface area contributed by atoms with Gasteiger partial charge in [-0.15, -0.1) is 0 Å². The Morgan fingerprint density at radius 3 is 2.79 bits per heavy atom. The third-order valence-electron chi connectivity index (χ3n) is 5.35. The molecule has 0 bridgehead atoms. The molecule has 2 aromatic carbocycles. The average Bonchev–Trinajstić information content (AvgIpc) is 3.16. The highest BCUT2D eigenvalue weighted by Gasteiger charge is 2.25. The quantitative estimate of drug-likeness (QED) is 0.698. The number of para-hydroxylation sites is 1. The van der Waals surface area contributed by atoms with E-state index in [1.807, 2.05) is 38.1 Å². The molecule has 2 heterocycles. The number of carbonyl (C=O) groups is 1. The van der Waals surface area contributed by atoms with E-state index >= 15 is 0 Å². The molecule has 0 radical (unpaired) electrons. The minimum Gasteiger partial charge on any atom is -0.370 e. The Morgan fingerprint density at radius 2 is 2.03 bits per heavy atom. The zero-order chi connectivity index (χ0) is 20.4. The van der Waals surface area contributed by atoms with Crippen LogP contribution in [0.5, 0.6) is 0 Å². The molecule has 152 valence electrons. The summed E-state index contributed by atoms with van der Waals surface area (Å²) >= 11 is 1.36. The Kier molecular flexibility index (Phi) is 5.89. The van der Waals surface area contributed by atoms with Crippen molar-refractivity contribution in [2.75, 3.05) is 44.3 Å². The van der Waals surface area contributed by atoms with E-state index in [-0.39, 0.29) is 11.7 Å². The molecular weight excluding hydrogens is 389 g/mol. The van der Waals surface area contributed by atoms with Gasteiger partial charge in [-0.25, -0.2) is 9.37 Å². The Morgan fingerprint density at radius 1 is 1.24 bits per heavy atom. The number of benzene rings is 2. The lowest BCUT2D eigenvalue weighted by molar-refractivity contribution is -0.906. The molecule has 29 heavy (non-hydrogen) atoms. The van der Waals surface area contributed by atoms with Gasteiger partial charge in [-0.3, -0.25) is 9.69 Å². The summed E-state index contributed by atoms with van der Waals surface area (Å²) < 4.78 is 20.4. The molecule has 0 saturated carbocycles. The second-order valence-electron chi connectivity index (χ2n) is 7.47. The fourth-order valence-electron chi connectivity index (χ4n) is 3.59. The van der Waals surface area contributed by atoms with E-state index in [2.05, 4.69) is 4.98 Å². The van der Waals surface area contributed by atoms with Gasteiger partial charge in [-0.05, 0) is 37.6 Å². The van der Waals surface area contributed by atoms with Crippen molar-refractivity contribution in [2.45, 2.75) is 13.8 Å². The smallest absolute Gasteiger partial charge is 0.260 e. The van der Waals surface area contributed by atoms with E-state index in [1.54, 1.807) is 11.0 Å². The minimum atomic E-state index is -0.358. The van der Waals surface area contributed by atoms with Crippen LogP contribution in [0.2, 0.25) is 0 Å². The lowest BCUT2D eigenvalue weighted by Crippen LogP contribution is -3.14. The molecule has 1 fully saturated rings. The number of ether oxygens (including phenoxy) is 1. The van der Waals surface area contributed by atoms with Gasteiger partial charge in [0.25, 0.3) is 5.91 Å². The molecule has 4 rings (SSSR count). The number of quaternary nitrogens is 1. The van der Waals surface area contributed by atoms with E-state index in [0.29, 0.717) is 22.8 Å². The van der Waals surface area contributed by atoms with E-state index in [1.165, 1.54) is 22.3 Å². The lowest BCUT2D eigenvalue weighted by atomic mass is 10.0. The number of nitrogens with one attached hydrogen (secondary N) is 1. The Balaban J connectivity index is 1.68. The fourth-order valence-corrected chi connectivity index (χ4v) is 4.60. The lowest BCUT2D eigenvalue weighted by Gasteiger charge is -2.27. The van der Waals surface area contributed by atoms with Crippen molar-refractivity contribution in [1.29, 1.82) is 0 Å². The molecular formula is C22H25FN3O2S+. The molecule has 3 aromatic rings. The van der Waals surface area contributed by atoms with Crippen molar-refractivity contribution >= 4 is 32.6 Å². The largest absolute Gasteiger partial charge is 0.370 e. The molecule has 5 nitrogen and oxygen atoms in total. The molecule has 1 aromatic heterocycles. The van der Waals surface area contributed by atoms with Crippen molar-refractivity contribution in [2.24, 2.45) is 0 Å². The molecule has 0 unspecified atom stereocenters. The standard InChI is InChI=1S/C22H24FN3O2S/c1-15-6-7-16(2)17(14-15)21(27)26(9-8-25-10-12-28-13-11-25)22-24-20-18(23)4-3-5-19(20)29-22/h3-7,14H,8-13H2,1-2H3/p+1. The summed E-state index contributed by atoms with van der Waals surface area (Å²) in [6.07, 6.45) is 0. The van der Waals surface area contributed by atoms with Crippen LogP contribution in [-0.2, 0) is 4.74 Å². The normalized spacial score (nSPS) is 15.0. The van der Waals surface area contributed by atoms with Crippen LogP contribution in [0.25, 0.3) is 10.2 Å². The number of amides is 1. The summed E-state index contributed by atoms with van der Waals surface area (Å²) in [4.78, 5) is 21.1. The molecule has 1 amide bonds. The maximum Gasteiger partial charge on any atom is 0.260 e. The van der Waals surface area contributed by atoms with Crippen LogP contribution in [-0.4, -0.2) is 50.3 Å². The summed E-state index contributed by atoms with van der Waals surface area (Å²) in [7, 11) is 0. The molecule has 0 spiro atoms. The van der Waals surface area contributed by atoms with Gasteiger partial charge in [0.1, 0.15) is 24.4 Å². The van der Waals surface area contributed by atoms with Gasteiger partial charge < -0.3 is 9.64 Å². The SMILES string of the molecule is Cc1ccc(C)c(C(=O)N(CC[NH+]2CCOCC2)c2nc3c(F)cccc3s2)c1. The van der Waals surface area contributed by atoms with E-state index in [0.717, 1.165) is 48.7 Å². The zero-order valence-corrected chi connectivity index (χ0v) is 17.5. The van der Waals surface area contributed by atoms with Gasteiger partial charge in [-0.1, -0.05) is 35.1 Å². The fraction of sp³-hybridized carbons (Fsp3) is 0.364. The first kappa shape index (κ1) is 19.9. The summed E-state index contributed by atoms with van der Waals surface area (Å²) in [5, 5.41) is 0.545. The van der Waals surface area contributed by atoms with Crippen LogP contribution in [0.15, 0.2) is 36.4 Å². The second kappa shape index (κ2) is 8.57. The van der Waals surface area contributed by atoms with Crippen LogP contribution in [0, 0.1) is 19.7 Å². The van der Waals surface area contributed by atoms with Gasteiger partial charge in [0.05, 0.1) is 31.0 Å². The summed E-state index contributed by atoms with van der Waals surface area (Å²) in [5.74, 6) is -0.443. The number of anilines is 1. The topological polar surface area (TPSA) is 46.9 Å². The van der Waals surface area contributed by atoms with Gasteiger partial charge in [-0.2, -0.15) is 0 Å². The van der Waals surface area contributed by atoms with Crippen molar-refractivity contribution < 1.29 is 18.8 Å². The number of morpholine rings is 1. The van der Waals surface area contributed by atoms with Gasteiger partial charge >= 0.3 is 0 Å². The predicted octanol–water partition coefficient (Wildman–Crippen LogP) is 2.61. The van der Waals surface area contributed by atoms with Crippen molar-refractivity contribution in [3.63, 3.8) is 0 Å². The molecule has 7 heteroatoms. The van der Waals surface area contributed by atoms with Crippen LogP contribution < -0.4 is 9.80 Å². The minimum absolute atomic E-state index is 0.0849. The first-order chi connectivity index (χ1) is 14.0. The monoisotopic (exact) mass is 414 g/mol. The van der Waals surface area contributed by atoms with Crippen molar-refractivity contribution in [1.82, 2.24) is 4.98 Å². The molecule has 1 aliphatic heterocycles. The van der Waals surface area contributed by atoms with Crippen molar-refractivity contribution in [3.05, 3.63) is 58.9 Å². The van der Waals surface area contributed by atoms with Gasteiger partial charge in [0, 0.05) is 5.56 Å². The third-order valence-corrected chi connectivity index (χ3v) is 6.39. The number of aromatic nitrogens is 1. The third kappa shape index (κ3) is 4.32. The first-order valence-corrected chi connectivity index (χ1v) is 10.7. The number of hydrogen-bond acceptors (Lipinski definition) is 4. The molecule has 1 aliphatic rings. The van der Waals surface area contributed by atoms with Crippen LogP contribution >= 0.6 is 11.3 Å². The highest BCUT2D eigenvalue weighted by atomic mass is 32.1. The Hall–Kier alpha value is -2.35. The maximum atomic E-state index is 14.2. The average molecular weight is 415 g/mol. The number of fused-ring (bicyclic) bond motifs is 1. The summed E-state index contributed by atoms with van der Waals surface area (Å²) in [6.45, 7) is 8.60. The van der Waals surface area contributed by atoms with Crippen LogP contribution in [0.3, 0.4) is 0 Å². The number of halogens is 1. The van der Waals surface area contributed by atoms with E-state index in [9.17, 15) is 9.18 Å². The maximum absolute atomic E-state index is 14.2. The molecule has 1 saturated heterocycles. The predicted molar refractivity (Wildman–Crippen MR) is 114 cm³/mol. The van der Waals surface area contributed by atoms with Crippen molar-refractivity contribution in [3.8, 4) is 0 Å². The van der Waals surface area contributed by atoms with Crippen LogP contribution in [0.4, 0.5) is 9.52 Å². The second-order valence-corrected chi connectivity index (χ2v) is 8.48. The van der Waals surface area contributed by atoms with E-state index < -0.39 is 0 Å². The first-order valence-electron chi connectivity index (χ1n) is 9.88. The number of aryl methyl sites for hydroxylation is 2. The molecule has 0 aliphatic carbocycles. The number of hydrogen-bond donors (Lipinski definition) is 1. The Labute approximate surface area is 173 Å². The number of rotatable bonds is 5. The summed E-state index contributed by atoms with van der Waals surface area (Å²) in [6, 6.07) is 10.8. The summed E-state index contributed by atoms with van der Waals surface area (Å²) in [5.41, 5.74) is 2.95. The molecule has 0 atom stereocenters. The highest BCUT2D eigenvalue weighted by Crippen LogP contribution is 2.31. The highest BCUT2D eigenvalue weighted by molar-refractivity contribution is 7.22. The number of nitrogens with zero attached hydrogens (tertiary/aromatic N) is 2. The molecule has 1 N–H and O–H groups in total. The Bertz CT molecular complexity index is 1030. The van der Waals surface area contributed by atoms with Crippen LogP contribution in [0.1, 0.15) is 21.5 Å². The number of carbonyl (C=O) groups excluding carboxylic acids is 1. The van der Waals surface area contributed by atoms with Gasteiger partial charge in [0.15, 0.2) is 5.13 Å². The zero-order valence-electron chi connectivity index (χ0n) is 16.7. The number of thiazole rings is 1. The van der Waals surface area contributed by atoms with E-state index in [4.69, 9.17) is 4.74 Å².